The number of halogens is 1. The van der Waals surface area contributed by atoms with Crippen LogP contribution in [-0.4, -0.2) is 10.2 Å². The number of aromatic hydroxyl groups is 1. The van der Waals surface area contributed by atoms with E-state index >= 15 is 0 Å². The highest BCUT2D eigenvalue weighted by Crippen LogP contribution is 2.36. The minimum absolute atomic E-state index is 0.0609. The Morgan fingerprint density at radius 3 is 1.80 bits per heavy atom. The van der Waals surface area contributed by atoms with Crippen LogP contribution in [0.25, 0.3) is 0 Å². The molecule has 0 amide bonds. The number of aliphatic hydroxyl groups is 1. The second-order valence-corrected chi connectivity index (χ2v) is 8.05. The molecule has 0 aromatic heterocycles. The number of benzene rings is 2. The highest BCUT2D eigenvalue weighted by atomic mass is 35.5. The van der Waals surface area contributed by atoms with E-state index in [9.17, 15) is 10.2 Å². The topological polar surface area (TPSA) is 40.5 Å². The van der Waals surface area contributed by atoms with Crippen molar-refractivity contribution in [1.82, 2.24) is 0 Å². The average Bonchev–Trinajstić information content (AvgIpc) is 2.55. The van der Waals surface area contributed by atoms with Gasteiger partial charge in [-0.25, -0.2) is 0 Å². The second kappa shape index (κ2) is 8.25. The lowest BCUT2D eigenvalue weighted by atomic mass is 9.86. The summed E-state index contributed by atoms with van der Waals surface area (Å²) >= 11 is 5.93. The van der Waals surface area contributed by atoms with Crippen LogP contribution in [0.15, 0.2) is 36.4 Å². The van der Waals surface area contributed by atoms with Crippen LogP contribution in [0.5, 0.6) is 5.75 Å². The highest BCUT2D eigenvalue weighted by molar-refractivity contribution is 6.30. The first-order chi connectivity index (χ1) is 11.7. The first-order valence-electron chi connectivity index (χ1n) is 8.99. The average molecular weight is 361 g/mol. The molecule has 2 N–H and O–H groups in total. The predicted octanol–water partition coefficient (Wildman–Crippen LogP) is 6.20. The zero-order valence-electron chi connectivity index (χ0n) is 15.8. The monoisotopic (exact) mass is 360 g/mol. The largest absolute Gasteiger partial charge is 0.507 e. The molecule has 25 heavy (non-hydrogen) atoms. The number of hydrogen-bond donors (Lipinski definition) is 2. The van der Waals surface area contributed by atoms with E-state index in [2.05, 4.69) is 46.8 Å². The van der Waals surface area contributed by atoms with E-state index in [1.165, 1.54) is 0 Å². The molecule has 136 valence electrons. The Hall–Kier alpha value is -1.51. The molecule has 2 aromatic rings. The molecular formula is C22H29ClO2. The van der Waals surface area contributed by atoms with E-state index in [1.807, 2.05) is 12.1 Å². The molecule has 0 aliphatic carbocycles. The third-order valence-corrected chi connectivity index (χ3v) is 5.03. The summed E-state index contributed by atoms with van der Waals surface area (Å²) in [7, 11) is 0. The normalized spacial score (nSPS) is 14.1. The van der Waals surface area contributed by atoms with Gasteiger partial charge in [-0.05, 0) is 58.6 Å². The van der Waals surface area contributed by atoms with E-state index in [-0.39, 0.29) is 17.8 Å². The fourth-order valence-corrected chi connectivity index (χ4v) is 3.34. The van der Waals surface area contributed by atoms with Crippen LogP contribution in [0.4, 0.5) is 0 Å². The molecule has 0 saturated heterocycles. The van der Waals surface area contributed by atoms with Gasteiger partial charge in [-0.1, -0.05) is 70.5 Å². The first-order valence-corrected chi connectivity index (χ1v) is 9.37. The fraction of sp³-hybridized carbons (Fsp3) is 0.455. The van der Waals surface area contributed by atoms with E-state index in [0.717, 1.165) is 28.7 Å². The van der Waals surface area contributed by atoms with Crippen molar-refractivity contribution in [2.45, 2.75) is 59.0 Å². The van der Waals surface area contributed by atoms with Gasteiger partial charge in [0.2, 0.25) is 0 Å². The number of phenolic OH excluding ortho intramolecular Hbond substituents is 1. The minimum atomic E-state index is -0.545. The molecule has 2 rings (SSSR count). The molecule has 2 aromatic carbocycles. The van der Waals surface area contributed by atoms with E-state index in [4.69, 9.17) is 11.6 Å². The van der Waals surface area contributed by atoms with Crippen molar-refractivity contribution in [1.29, 1.82) is 0 Å². The van der Waals surface area contributed by atoms with E-state index in [1.54, 1.807) is 12.1 Å². The van der Waals surface area contributed by atoms with E-state index in [0.29, 0.717) is 10.8 Å². The zero-order chi connectivity index (χ0) is 18.7. The maximum absolute atomic E-state index is 10.7. The molecule has 0 aliphatic rings. The third kappa shape index (κ3) is 4.77. The quantitative estimate of drug-likeness (QED) is 0.643. The van der Waals surface area contributed by atoms with Gasteiger partial charge >= 0.3 is 0 Å². The van der Waals surface area contributed by atoms with Crippen LogP contribution < -0.4 is 0 Å². The summed E-state index contributed by atoms with van der Waals surface area (Å²) in [5.41, 5.74) is 4.00. The lowest BCUT2D eigenvalue weighted by molar-refractivity contribution is 0.117. The van der Waals surface area contributed by atoms with Gasteiger partial charge < -0.3 is 10.2 Å². The Kier molecular flexibility index (Phi) is 6.53. The molecule has 0 heterocycles. The summed E-state index contributed by atoms with van der Waals surface area (Å²) in [4.78, 5) is 0. The van der Waals surface area contributed by atoms with Crippen LogP contribution in [0, 0.1) is 5.92 Å². The van der Waals surface area contributed by atoms with Gasteiger partial charge in [-0.3, -0.25) is 0 Å². The highest BCUT2D eigenvalue weighted by Gasteiger charge is 2.20. The van der Waals surface area contributed by atoms with Gasteiger partial charge in [-0.2, -0.15) is 0 Å². The zero-order valence-corrected chi connectivity index (χ0v) is 16.5. The van der Waals surface area contributed by atoms with Gasteiger partial charge in [0.1, 0.15) is 5.75 Å². The Bertz CT molecular complexity index is 675. The Morgan fingerprint density at radius 2 is 1.36 bits per heavy atom. The van der Waals surface area contributed by atoms with Crippen LogP contribution in [-0.2, 0) is 6.42 Å². The summed E-state index contributed by atoms with van der Waals surface area (Å²) in [5.74, 6) is 0.994. The van der Waals surface area contributed by atoms with Crippen molar-refractivity contribution in [3.05, 3.63) is 63.7 Å². The number of rotatable bonds is 6. The Labute approximate surface area is 156 Å². The van der Waals surface area contributed by atoms with Gasteiger partial charge in [0.05, 0.1) is 6.10 Å². The Morgan fingerprint density at radius 1 is 0.880 bits per heavy atom. The molecule has 0 radical (unpaired) electrons. The van der Waals surface area contributed by atoms with Crippen molar-refractivity contribution >= 4 is 11.6 Å². The summed E-state index contributed by atoms with van der Waals surface area (Å²) < 4.78 is 0. The number of phenols is 1. The lowest BCUT2D eigenvalue weighted by Gasteiger charge is -2.22. The molecule has 2 unspecified atom stereocenters. The van der Waals surface area contributed by atoms with Crippen molar-refractivity contribution in [3.63, 3.8) is 0 Å². The minimum Gasteiger partial charge on any atom is -0.507 e. The lowest BCUT2D eigenvalue weighted by Crippen LogP contribution is -2.12. The smallest absolute Gasteiger partial charge is 0.122 e. The molecule has 2 atom stereocenters. The van der Waals surface area contributed by atoms with Gasteiger partial charge in [0, 0.05) is 5.02 Å². The molecule has 0 aliphatic heterocycles. The van der Waals surface area contributed by atoms with Crippen LogP contribution in [0.3, 0.4) is 0 Å². The van der Waals surface area contributed by atoms with E-state index < -0.39 is 6.10 Å². The molecular weight excluding hydrogens is 332 g/mol. The first kappa shape index (κ1) is 19.8. The van der Waals surface area contributed by atoms with Crippen molar-refractivity contribution < 1.29 is 10.2 Å². The van der Waals surface area contributed by atoms with Gasteiger partial charge in [-0.15, -0.1) is 0 Å². The molecule has 0 fully saturated rings. The fourth-order valence-electron chi connectivity index (χ4n) is 3.21. The van der Waals surface area contributed by atoms with Crippen molar-refractivity contribution in [2.24, 2.45) is 5.92 Å². The summed E-state index contributed by atoms with van der Waals surface area (Å²) in [6, 6.07) is 11.5. The standard InChI is InChI=1S/C22H29ClO2/c1-13(2)19-11-16(12-20(14(3)4)22(19)25)10-15(5)21(24)17-6-8-18(23)9-7-17/h6-9,11-15,21,24-25H,10H2,1-5H3. The molecule has 2 nitrogen and oxygen atoms in total. The van der Waals surface area contributed by atoms with Crippen molar-refractivity contribution in [3.8, 4) is 5.75 Å². The number of hydrogen-bond acceptors (Lipinski definition) is 2. The molecule has 3 heteroatoms. The summed E-state index contributed by atoms with van der Waals surface area (Å²) in [5, 5.41) is 21.9. The van der Waals surface area contributed by atoms with Gasteiger partial charge in [0.15, 0.2) is 0 Å². The van der Waals surface area contributed by atoms with Crippen LogP contribution >= 0.6 is 11.6 Å². The second-order valence-electron chi connectivity index (χ2n) is 7.61. The Balaban J connectivity index is 2.27. The van der Waals surface area contributed by atoms with Crippen LogP contribution in [0.1, 0.15) is 74.8 Å². The van der Waals surface area contributed by atoms with Crippen molar-refractivity contribution in [2.75, 3.05) is 0 Å². The molecule has 0 saturated carbocycles. The maximum Gasteiger partial charge on any atom is 0.122 e. The molecule has 0 spiro atoms. The van der Waals surface area contributed by atoms with Gasteiger partial charge in [0.25, 0.3) is 0 Å². The predicted molar refractivity (Wildman–Crippen MR) is 106 cm³/mol. The SMILES string of the molecule is CC(C)c1cc(CC(C)C(O)c2ccc(Cl)cc2)cc(C(C)C)c1O. The van der Waals surface area contributed by atoms with Crippen LogP contribution in [0.2, 0.25) is 5.02 Å². The number of aliphatic hydroxyl groups excluding tert-OH is 1. The molecule has 0 bridgehead atoms. The summed E-state index contributed by atoms with van der Waals surface area (Å²) in [6.45, 7) is 10.4. The summed E-state index contributed by atoms with van der Waals surface area (Å²) in [6.07, 6.45) is 0.208. The maximum atomic E-state index is 10.7. The third-order valence-electron chi connectivity index (χ3n) is 4.78.